The molecule has 0 bridgehead atoms. The first-order valence-corrected chi connectivity index (χ1v) is 17.9. The van der Waals surface area contributed by atoms with Crippen molar-refractivity contribution in [1.29, 1.82) is 0 Å². The van der Waals surface area contributed by atoms with Gasteiger partial charge in [0.2, 0.25) is 11.9 Å². The van der Waals surface area contributed by atoms with E-state index in [4.69, 9.17) is 19.2 Å². The smallest absolute Gasteiger partial charge is 0.271 e. The molecule has 14 nitrogen and oxygen atoms in total. The standard InChI is InChI=1S/C41H41N9O5/c1-48(2)38(52)33-11-6-8-27(44-33)23-49-24-41(17-18-41)31-20-25(13-15-30(31)37(49)51)29-9-7-10-32(36(29)55-5)45-40-47-39(46-35-16-19-43-50(35)40)42-22-26-12-14-28(53-3)21-34(26)54-4/h6-16,19-21H,17-18,22-24H2,1-5H3,(H2,42,45,46,47). The number of fused-ring (bicyclic) bond motifs is 3. The third kappa shape index (κ3) is 6.71. The number of pyridine rings is 1. The number of benzene rings is 3. The van der Waals surface area contributed by atoms with E-state index in [1.165, 1.54) is 4.90 Å². The topological polar surface area (TPSA) is 148 Å². The van der Waals surface area contributed by atoms with Gasteiger partial charge in [-0.3, -0.25) is 9.59 Å². The Bertz CT molecular complexity index is 2440. The van der Waals surface area contributed by atoms with Crippen molar-refractivity contribution in [2.45, 2.75) is 31.3 Å². The van der Waals surface area contributed by atoms with Gasteiger partial charge in [0.25, 0.3) is 11.8 Å². The van der Waals surface area contributed by atoms with Gasteiger partial charge < -0.3 is 34.6 Å². The SMILES string of the molecule is COc1ccc(CNc2nc(Nc3cccc(-c4ccc5c(c4)C4(CC4)CN(Cc4cccc(C(=O)N(C)C)n4)C5=O)c3OC)n3nccc3n2)c(OC)c1. The number of anilines is 3. The molecule has 2 amide bonds. The van der Waals surface area contributed by atoms with Crippen LogP contribution in [0.25, 0.3) is 16.8 Å². The predicted octanol–water partition coefficient (Wildman–Crippen LogP) is 5.96. The van der Waals surface area contributed by atoms with E-state index in [1.54, 1.807) is 52.2 Å². The van der Waals surface area contributed by atoms with Gasteiger partial charge in [-0.1, -0.05) is 24.3 Å². The van der Waals surface area contributed by atoms with Crippen molar-refractivity contribution in [3.8, 4) is 28.4 Å². The number of nitrogens with one attached hydrogen (secondary N) is 2. The van der Waals surface area contributed by atoms with Crippen molar-refractivity contribution >= 4 is 35.0 Å². The fraction of sp³-hybridized carbons (Fsp3) is 0.268. The summed E-state index contributed by atoms with van der Waals surface area (Å²) in [4.78, 5) is 43.9. The number of carbonyl (C=O) groups is 2. The number of hydrogen-bond donors (Lipinski definition) is 2. The zero-order valence-electron chi connectivity index (χ0n) is 31.3. The van der Waals surface area contributed by atoms with E-state index in [1.807, 2.05) is 71.6 Å². The van der Waals surface area contributed by atoms with E-state index in [2.05, 4.69) is 31.8 Å². The van der Waals surface area contributed by atoms with E-state index in [0.29, 0.717) is 77.1 Å². The van der Waals surface area contributed by atoms with Gasteiger partial charge in [0, 0.05) is 61.4 Å². The molecule has 280 valence electrons. The first kappa shape index (κ1) is 35.3. The minimum absolute atomic E-state index is 0.0468. The molecular formula is C41H41N9O5. The summed E-state index contributed by atoms with van der Waals surface area (Å²) in [6.07, 6.45) is 3.63. The van der Waals surface area contributed by atoms with E-state index in [9.17, 15) is 9.59 Å². The number of hydrogen-bond acceptors (Lipinski definition) is 11. The quantitative estimate of drug-likeness (QED) is 0.153. The maximum absolute atomic E-state index is 13.9. The molecule has 14 heteroatoms. The highest BCUT2D eigenvalue weighted by Crippen LogP contribution is 2.53. The van der Waals surface area contributed by atoms with Crippen molar-refractivity contribution in [3.05, 3.63) is 113 Å². The lowest BCUT2D eigenvalue weighted by Gasteiger charge is -2.35. The molecule has 1 saturated carbocycles. The highest BCUT2D eigenvalue weighted by atomic mass is 16.5. The first-order chi connectivity index (χ1) is 26.7. The fourth-order valence-corrected chi connectivity index (χ4v) is 7.21. The Morgan fingerprint density at radius 3 is 2.49 bits per heavy atom. The van der Waals surface area contributed by atoms with E-state index < -0.39 is 0 Å². The molecule has 0 radical (unpaired) electrons. The number of carbonyl (C=O) groups excluding carboxylic acids is 2. The zero-order valence-corrected chi connectivity index (χ0v) is 31.3. The minimum Gasteiger partial charge on any atom is -0.497 e. The summed E-state index contributed by atoms with van der Waals surface area (Å²) in [5.74, 6) is 2.63. The van der Waals surface area contributed by atoms with Crippen LogP contribution in [0.3, 0.4) is 0 Å². The average Bonchev–Trinajstić information content (AvgIpc) is 3.82. The second-order valence-electron chi connectivity index (χ2n) is 13.9. The van der Waals surface area contributed by atoms with Crippen LogP contribution in [0.15, 0.2) is 85.1 Å². The van der Waals surface area contributed by atoms with Crippen molar-refractivity contribution in [2.75, 3.05) is 52.6 Å². The highest BCUT2D eigenvalue weighted by Gasteiger charge is 2.51. The van der Waals surface area contributed by atoms with Gasteiger partial charge in [0.15, 0.2) is 5.65 Å². The Hall–Kier alpha value is -6.70. The van der Waals surface area contributed by atoms with Crippen LogP contribution in [0.1, 0.15) is 50.5 Å². The summed E-state index contributed by atoms with van der Waals surface area (Å²) >= 11 is 0. The molecule has 2 aliphatic rings. The lowest BCUT2D eigenvalue weighted by Crippen LogP contribution is -2.43. The van der Waals surface area contributed by atoms with Gasteiger partial charge in [-0.05, 0) is 66.4 Å². The maximum atomic E-state index is 13.9. The number of aromatic nitrogens is 5. The predicted molar refractivity (Wildman–Crippen MR) is 207 cm³/mol. The Morgan fingerprint density at radius 1 is 0.891 bits per heavy atom. The molecule has 6 aromatic rings. The molecular weight excluding hydrogens is 699 g/mol. The number of rotatable bonds is 12. The maximum Gasteiger partial charge on any atom is 0.271 e. The van der Waals surface area contributed by atoms with Crippen LogP contribution in [0.2, 0.25) is 0 Å². The summed E-state index contributed by atoms with van der Waals surface area (Å²) in [7, 11) is 8.27. The Labute approximate surface area is 318 Å². The van der Waals surface area contributed by atoms with E-state index in [-0.39, 0.29) is 17.2 Å². The molecule has 0 saturated heterocycles. The van der Waals surface area contributed by atoms with E-state index in [0.717, 1.165) is 35.1 Å². The number of ether oxygens (including phenoxy) is 3. The molecule has 2 N–H and O–H groups in total. The molecule has 55 heavy (non-hydrogen) atoms. The van der Waals surface area contributed by atoms with Gasteiger partial charge in [0.05, 0.1) is 45.5 Å². The third-order valence-electron chi connectivity index (χ3n) is 10.2. The first-order valence-electron chi connectivity index (χ1n) is 17.9. The largest absolute Gasteiger partial charge is 0.497 e. The molecule has 1 aliphatic heterocycles. The monoisotopic (exact) mass is 739 g/mol. The van der Waals surface area contributed by atoms with Crippen LogP contribution in [-0.4, -0.2) is 88.1 Å². The Morgan fingerprint density at radius 2 is 1.73 bits per heavy atom. The fourth-order valence-electron chi connectivity index (χ4n) is 7.21. The lowest BCUT2D eigenvalue weighted by atomic mass is 9.84. The second-order valence-corrected chi connectivity index (χ2v) is 13.9. The van der Waals surface area contributed by atoms with Gasteiger partial charge >= 0.3 is 0 Å². The average molecular weight is 740 g/mol. The third-order valence-corrected chi connectivity index (χ3v) is 10.2. The van der Waals surface area contributed by atoms with Crippen LogP contribution in [0.4, 0.5) is 17.6 Å². The van der Waals surface area contributed by atoms with Gasteiger partial charge in [-0.2, -0.15) is 19.6 Å². The number of nitrogens with zero attached hydrogens (tertiary/aromatic N) is 7. The van der Waals surface area contributed by atoms with Crippen LogP contribution < -0.4 is 24.8 Å². The van der Waals surface area contributed by atoms with Crippen LogP contribution in [-0.2, 0) is 18.5 Å². The molecule has 3 aromatic heterocycles. The number of para-hydroxylation sites is 1. The molecule has 0 atom stereocenters. The molecule has 1 aliphatic carbocycles. The normalized spacial score (nSPS) is 14.1. The highest BCUT2D eigenvalue weighted by molar-refractivity contribution is 5.99. The second kappa shape index (κ2) is 14.3. The van der Waals surface area contributed by atoms with Crippen molar-refractivity contribution in [2.24, 2.45) is 0 Å². The van der Waals surface area contributed by atoms with Gasteiger partial charge in [-0.15, -0.1) is 0 Å². The summed E-state index contributed by atoms with van der Waals surface area (Å²) in [6, 6.07) is 24.8. The van der Waals surface area contributed by atoms with Gasteiger partial charge in [-0.25, -0.2) is 4.98 Å². The summed E-state index contributed by atoms with van der Waals surface area (Å²) < 4.78 is 18.6. The van der Waals surface area contributed by atoms with Crippen molar-refractivity contribution in [1.82, 2.24) is 34.4 Å². The van der Waals surface area contributed by atoms with Crippen LogP contribution in [0, 0.1) is 0 Å². The Balaban J connectivity index is 1.06. The molecule has 8 rings (SSSR count). The summed E-state index contributed by atoms with van der Waals surface area (Å²) in [6.45, 7) is 1.33. The molecule has 1 spiro atoms. The zero-order chi connectivity index (χ0) is 38.3. The van der Waals surface area contributed by atoms with Crippen LogP contribution >= 0.6 is 0 Å². The van der Waals surface area contributed by atoms with Gasteiger partial charge in [0.1, 0.15) is 22.9 Å². The Kier molecular flexibility index (Phi) is 9.17. The molecule has 4 heterocycles. The number of methoxy groups -OCH3 is 3. The summed E-state index contributed by atoms with van der Waals surface area (Å²) in [5, 5.41) is 11.2. The summed E-state index contributed by atoms with van der Waals surface area (Å²) in [5.41, 5.74) is 6.65. The molecule has 3 aromatic carbocycles. The van der Waals surface area contributed by atoms with Crippen LogP contribution in [0.5, 0.6) is 17.2 Å². The molecule has 1 fully saturated rings. The van der Waals surface area contributed by atoms with Crippen molar-refractivity contribution < 1.29 is 23.8 Å². The van der Waals surface area contributed by atoms with E-state index >= 15 is 0 Å². The minimum atomic E-state index is -0.173. The molecule has 0 unspecified atom stereocenters. The van der Waals surface area contributed by atoms with Crippen molar-refractivity contribution in [3.63, 3.8) is 0 Å². The number of amides is 2. The lowest BCUT2D eigenvalue weighted by molar-refractivity contribution is 0.0696.